The molecule has 3 unspecified atom stereocenters. The van der Waals surface area contributed by atoms with Crippen molar-refractivity contribution >= 4 is 23.8 Å². The van der Waals surface area contributed by atoms with Crippen LogP contribution in [0.3, 0.4) is 0 Å². The van der Waals surface area contributed by atoms with Crippen molar-refractivity contribution in [3.8, 4) is 11.5 Å². The summed E-state index contributed by atoms with van der Waals surface area (Å²) in [5, 5.41) is 3.26. The van der Waals surface area contributed by atoms with Crippen molar-refractivity contribution in [2.75, 3.05) is 20.3 Å². The molecule has 6 bridgehead atoms. The Morgan fingerprint density at radius 1 is 1.15 bits per heavy atom. The van der Waals surface area contributed by atoms with Gasteiger partial charge in [0.25, 0.3) is 5.91 Å². The zero-order valence-electron chi connectivity index (χ0n) is 23.2. The van der Waals surface area contributed by atoms with Crippen LogP contribution in [0.1, 0.15) is 78.7 Å². The summed E-state index contributed by atoms with van der Waals surface area (Å²) >= 11 is 0. The van der Waals surface area contributed by atoms with Gasteiger partial charge >= 0.3 is 0 Å². The van der Waals surface area contributed by atoms with E-state index in [4.69, 9.17) is 24.9 Å². The van der Waals surface area contributed by atoms with Crippen LogP contribution in [-0.4, -0.2) is 54.6 Å². The number of methoxy groups -OCH3 is 1. The van der Waals surface area contributed by atoms with Crippen LogP contribution in [0.4, 0.5) is 0 Å². The third kappa shape index (κ3) is 4.94. The topological polar surface area (TPSA) is 115 Å². The lowest BCUT2D eigenvalue weighted by molar-refractivity contribution is -0.132. The molecule has 7 rings (SSSR count). The minimum Gasteiger partial charge on any atom is -0.493 e. The van der Waals surface area contributed by atoms with E-state index in [-0.39, 0.29) is 42.2 Å². The maximum Gasteiger partial charge on any atom is 0.251 e. The van der Waals surface area contributed by atoms with E-state index in [9.17, 15) is 9.59 Å². The first-order valence-electron chi connectivity index (χ1n) is 13.9. The van der Waals surface area contributed by atoms with Crippen LogP contribution >= 0.6 is 0 Å². The molecule has 0 saturated heterocycles. The van der Waals surface area contributed by atoms with E-state index in [0.29, 0.717) is 37.4 Å². The number of aliphatic imine (C=N–C) groups is 1. The van der Waals surface area contributed by atoms with Crippen LogP contribution in [0.2, 0.25) is 0 Å². The number of guanidine groups is 1. The van der Waals surface area contributed by atoms with E-state index in [2.05, 4.69) is 23.5 Å². The van der Waals surface area contributed by atoms with Crippen molar-refractivity contribution in [2.24, 2.45) is 16.6 Å². The SMILES string of the molecule is COCC1COc2ccc3cc2[C@@H]1N1C(=O)CC(CC/C=C\c2ccc4c(c2)C(CC(C)(C)O4)NC3=O)N=C1N. The van der Waals surface area contributed by atoms with Crippen molar-refractivity contribution in [3.05, 3.63) is 64.7 Å². The number of benzene rings is 2. The number of hydrogen-bond acceptors (Lipinski definition) is 7. The van der Waals surface area contributed by atoms with E-state index in [1.165, 1.54) is 0 Å². The van der Waals surface area contributed by atoms with Crippen molar-refractivity contribution in [2.45, 2.75) is 63.3 Å². The maximum atomic E-state index is 13.7. The highest BCUT2D eigenvalue weighted by molar-refractivity contribution is 5.99. The Kier molecular flexibility index (Phi) is 6.78. The van der Waals surface area contributed by atoms with E-state index in [1.54, 1.807) is 24.1 Å². The number of nitrogens with one attached hydrogen (secondary N) is 1. The van der Waals surface area contributed by atoms with Gasteiger partial charge in [-0.25, -0.2) is 4.99 Å². The quantitative estimate of drug-likeness (QED) is 0.587. The molecule has 2 aromatic carbocycles. The Balaban J connectivity index is 1.46. The molecule has 0 saturated carbocycles. The molecule has 210 valence electrons. The second-order valence-electron chi connectivity index (χ2n) is 11.7. The van der Waals surface area contributed by atoms with E-state index in [1.807, 2.05) is 32.0 Å². The van der Waals surface area contributed by atoms with Crippen molar-refractivity contribution in [1.82, 2.24) is 10.2 Å². The summed E-state index contributed by atoms with van der Waals surface area (Å²) in [6.07, 6.45) is 6.53. The van der Waals surface area contributed by atoms with Crippen LogP contribution in [0, 0.1) is 5.92 Å². The molecule has 5 heterocycles. The number of rotatable bonds is 2. The summed E-state index contributed by atoms with van der Waals surface area (Å²) in [5.41, 5.74) is 9.23. The molecular formula is C31H36N4O5. The van der Waals surface area contributed by atoms with E-state index < -0.39 is 11.6 Å². The normalized spacial score (nSPS) is 27.9. The smallest absolute Gasteiger partial charge is 0.251 e. The Hall–Kier alpha value is -3.85. The monoisotopic (exact) mass is 544 g/mol. The van der Waals surface area contributed by atoms with Gasteiger partial charge in [0.1, 0.15) is 17.1 Å². The van der Waals surface area contributed by atoms with Crippen LogP contribution in [-0.2, 0) is 9.53 Å². The second-order valence-corrected chi connectivity index (χ2v) is 11.7. The van der Waals surface area contributed by atoms with Crippen LogP contribution < -0.4 is 20.5 Å². The highest BCUT2D eigenvalue weighted by Gasteiger charge is 2.42. The van der Waals surface area contributed by atoms with Gasteiger partial charge in [0.05, 0.1) is 31.3 Å². The Labute approximate surface area is 234 Å². The Bertz CT molecular complexity index is 1400. The average Bonchev–Trinajstić information content (AvgIpc) is 2.90. The van der Waals surface area contributed by atoms with Gasteiger partial charge in [-0.1, -0.05) is 18.2 Å². The molecule has 4 atom stereocenters. The summed E-state index contributed by atoms with van der Waals surface area (Å²) in [6.45, 7) is 4.79. The van der Waals surface area contributed by atoms with Crippen LogP contribution in [0.5, 0.6) is 11.5 Å². The molecule has 0 aromatic heterocycles. The summed E-state index contributed by atoms with van der Waals surface area (Å²) < 4.78 is 17.8. The molecule has 0 fully saturated rings. The maximum absolute atomic E-state index is 13.7. The summed E-state index contributed by atoms with van der Waals surface area (Å²) in [7, 11) is 1.62. The number of carbonyl (C=O) groups excluding carboxylic acids is 2. The van der Waals surface area contributed by atoms with E-state index >= 15 is 0 Å². The van der Waals surface area contributed by atoms with E-state index in [0.717, 1.165) is 28.9 Å². The van der Waals surface area contributed by atoms with Crippen molar-refractivity contribution in [3.63, 3.8) is 0 Å². The molecule has 3 N–H and O–H groups in total. The fourth-order valence-electron chi connectivity index (χ4n) is 6.34. The summed E-state index contributed by atoms with van der Waals surface area (Å²) in [4.78, 5) is 33.6. The highest BCUT2D eigenvalue weighted by Crippen LogP contribution is 2.43. The summed E-state index contributed by atoms with van der Waals surface area (Å²) in [6, 6.07) is 10.6. The molecular weight excluding hydrogens is 508 g/mol. The largest absolute Gasteiger partial charge is 0.493 e. The van der Waals surface area contributed by atoms with Gasteiger partial charge in [-0.3, -0.25) is 14.5 Å². The lowest BCUT2D eigenvalue weighted by atomic mass is 9.87. The number of allylic oxidation sites excluding steroid dienone is 1. The number of fused-ring (bicyclic) bond motifs is 4. The third-order valence-electron chi connectivity index (χ3n) is 8.16. The first kappa shape index (κ1) is 26.4. The predicted octanol–water partition coefficient (Wildman–Crippen LogP) is 4.14. The number of carbonyl (C=O) groups is 2. The zero-order valence-corrected chi connectivity index (χ0v) is 23.2. The van der Waals surface area contributed by atoms with Crippen LogP contribution in [0.15, 0.2) is 47.5 Å². The fraction of sp³-hybridized carbons (Fsp3) is 0.452. The molecule has 2 aromatic rings. The first-order chi connectivity index (χ1) is 19.2. The summed E-state index contributed by atoms with van der Waals surface area (Å²) in [5.74, 6) is 1.13. The molecule has 2 amide bonds. The number of amides is 2. The zero-order chi connectivity index (χ0) is 28.0. The number of ether oxygens (including phenoxy) is 3. The number of nitrogens with zero attached hydrogens (tertiary/aromatic N) is 2. The van der Waals surface area contributed by atoms with Gasteiger partial charge in [0.15, 0.2) is 5.96 Å². The second kappa shape index (κ2) is 10.3. The van der Waals surface area contributed by atoms with Crippen LogP contribution in [0.25, 0.3) is 6.08 Å². The van der Waals surface area contributed by atoms with Gasteiger partial charge in [-0.2, -0.15) is 0 Å². The molecule has 9 nitrogen and oxygen atoms in total. The highest BCUT2D eigenvalue weighted by atomic mass is 16.5. The minimum absolute atomic E-state index is 0.0823. The molecule has 0 spiro atoms. The van der Waals surface area contributed by atoms with Gasteiger partial charge in [-0.15, -0.1) is 0 Å². The number of nitrogens with two attached hydrogens (primary N) is 1. The molecule has 40 heavy (non-hydrogen) atoms. The Morgan fingerprint density at radius 2 is 1.98 bits per heavy atom. The molecule has 0 aliphatic carbocycles. The number of hydrogen-bond donors (Lipinski definition) is 2. The standard InChI is InChI=1S/C31H36N4O5/c1-31(2)15-24-22-12-18(8-10-26(22)40-31)6-4-5-7-21-14-27(36)35(30(32)33-21)28-20(16-38-3)17-39-25-11-9-19(13-23(25)28)29(37)34-24/h4,6,8-13,20-21,24,28H,5,7,14-17H2,1-3H3,(H2,32,33)(H,34,37)/b6-4-/t20?,21?,24?,28-/m1/s1. The van der Waals surface area contributed by atoms with Crippen molar-refractivity contribution < 1.29 is 23.8 Å². The lowest BCUT2D eigenvalue weighted by Gasteiger charge is -2.42. The Morgan fingerprint density at radius 3 is 2.77 bits per heavy atom. The molecule has 5 aliphatic rings. The van der Waals surface area contributed by atoms with Gasteiger partial charge in [0.2, 0.25) is 5.91 Å². The first-order valence-corrected chi connectivity index (χ1v) is 13.9. The lowest BCUT2D eigenvalue weighted by Crippen LogP contribution is -2.53. The third-order valence-corrected chi connectivity index (χ3v) is 8.16. The predicted molar refractivity (Wildman–Crippen MR) is 151 cm³/mol. The van der Waals surface area contributed by atoms with Gasteiger partial charge < -0.3 is 25.3 Å². The minimum atomic E-state index is -0.460. The molecule has 5 aliphatic heterocycles. The van der Waals surface area contributed by atoms with Crippen molar-refractivity contribution in [1.29, 1.82) is 0 Å². The molecule has 9 heteroatoms. The van der Waals surface area contributed by atoms with Gasteiger partial charge in [-0.05, 0) is 62.6 Å². The average molecular weight is 545 g/mol. The van der Waals surface area contributed by atoms with Gasteiger partial charge in [0, 0.05) is 42.6 Å². The molecule has 0 radical (unpaired) electrons. The fourth-order valence-corrected chi connectivity index (χ4v) is 6.34.